The Bertz CT molecular complexity index is 882. The number of phenols is 1. The topological polar surface area (TPSA) is 128 Å². The molecule has 0 saturated heterocycles. The van der Waals surface area contributed by atoms with Crippen LogP contribution in [0.1, 0.15) is 70.0 Å². The van der Waals surface area contributed by atoms with Gasteiger partial charge in [-0.1, -0.05) is 37.5 Å². The van der Waals surface area contributed by atoms with E-state index in [-0.39, 0.29) is 29.7 Å². The summed E-state index contributed by atoms with van der Waals surface area (Å²) in [6.45, 7) is 6.21. The molecule has 2 atom stereocenters. The summed E-state index contributed by atoms with van der Waals surface area (Å²) in [5.74, 6) is -1.23. The molecule has 9 nitrogen and oxygen atoms in total. The van der Waals surface area contributed by atoms with Gasteiger partial charge in [-0.05, 0) is 46.1 Å². The Morgan fingerprint density at radius 3 is 2.43 bits per heavy atom. The van der Waals surface area contributed by atoms with Gasteiger partial charge in [0.2, 0.25) is 11.8 Å². The van der Waals surface area contributed by atoms with Gasteiger partial charge in [-0.2, -0.15) is 12.6 Å². The number of alkyl carbamates (subject to hydrolysis) is 1. The van der Waals surface area contributed by atoms with Crippen molar-refractivity contribution in [3.63, 3.8) is 0 Å². The highest BCUT2D eigenvalue weighted by molar-refractivity contribution is 7.80. The number of thiol groups is 1. The molecule has 0 heterocycles. The zero-order chi connectivity index (χ0) is 26.2. The van der Waals surface area contributed by atoms with Crippen molar-refractivity contribution in [1.82, 2.24) is 15.5 Å². The number of hydrogen-bond acceptors (Lipinski definition) is 7. The number of phenolic OH excluding ortho intramolecular Hbond substituents is 1. The van der Waals surface area contributed by atoms with E-state index in [0.29, 0.717) is 5.56 Å². The van der Waals surface area contributed by atoms with Gasteiger partial charge in [-0.15, -0.1) is 0 Å². The first-order valence-electron chi connectivity index (χ1n) is 12.1. The molecule has 3 amide bonds. The lowest BCUT2D eigenvalue weighted by Crippen LogP contribution is -2.55. The SMILES string of the molecule is Cc1cccc(C(C(=O)NC2CCCCC2)N(CCO)C(=O)C(CS)NC(=O)OC(C)(C)C)c1O. The van der Waals surface area contributed by atoms with Crippen molar-refractivity contribution in [2.24, 2.45) is 0 Å². The molecular weight excluding hydrogens is 470 g/mol. The number of aryl methyl sites for hydroxylation is 1. The molecule has 0 bridgehead atoms. The van der Waals surface area contributed by atoms with E-state index in [1.54, 1.807) is 45.9 Å². The fraction of sp³-hybridized carbons (Fsp3) is 0.640. The van der Waals surface area contributed by atoms with Gasteiger partial charge in [0, 0.05) is 23.9 Å². The average Bonchev–Trinajstić information content (AvgIpc) is 2.79. The lowest BCUT2D eigenvalue weighted by atomic mass is 9.94. The minimum absolute atomic E-state index is 0.0302. The van der Waals surface area contributed by atoms with Crippen molar-refractivity contribution in [3.8, 4) is 5.75 Å². The van der Waals surface area contributed by atoms with Crippen molar-refractivity contribution in [2.75, 3.05) is 18.9 Å². The van der Waals surface area contributed by atoms with Crippen molar-refractivity contribution in [1.29, 1.82) is 0 Å². The fourth-order valence-electron chi connectivity index (χ4n) is 4.19. The number of para-hydroxylation sites is 1. The average molecular weight is 510 g/mol. The van der Waals surface area contributed by atoms with E-state index in [1.807, 2.05) is 0 Å². The molecule has 0 aliphatic heterocycles. The summed E-state index contributed by atoms with van der Waals surface area (Å²) in [5, 5.41) is 26.1. The zero-order valence-corrected chi connectivity index (χ0v) is 21.9. The maximum absolute atomic E-state index is 13.6. The number of amides is 3. The Kier molecular flexibility index (Phi) is 10.7. The Morgan fingerprint density at radius 2 is 1.86 bits per heavy atom. The van der Waals surface area contributed by atoms with Crippen LogP contribution in [-0.4, -0.2) is 69.6 Å². The van der Waals surface area contributed by atoms with Crippen LogP contribution in [0.2, 0.25) is 0 Å². The number of hydrogen-bond donors (Lipinski definition) is 5. The summed E-state index contributed by atoms with van der Waals surface area (Å²) >= 11 is 4.22. The number of carbonyl (C=O) groups excluding carboxylic acids is 3. The molecule has 196 valence electrons. The van der Waals surface area contributed by atoms with Crippen LogP contribution in [0.3, 0.4) is 0 Å². The van der Waals surface area contributed by atoms with Crippen LogP contribution in [0.4, 0.5) is 4.79 Å². The predicted molar refractivity (Wildman–Crippen MR) is 136 cm³/mol. The minimum Gasteiger partial charge on any atom is -0.507 e. The summed E-state index contributed by atoms with van der Waals surface area (Å²) in [5.41, 5.74) is 0.0248. The molecule has 4 N–H and O–H groups in total. The maximum atomic E-state index is 13.6. The molecule has 10 heteroatoms. The summed E-state index contributed by atoms with van der Waals surface area (Å²) in [4.78, 5) is 40.7. The Hall–Kier alpha value is -2.46. The largest absolute Gasteiger partial charge is 0.507 e. The third kappa shape index (κ3) is 8.31. The standard InChI is InChI=1S/C25H39N3O6S/c1-16-9-8-12-18(21(16)30)20(22(31)26-17-10-6-5-7-11-17)28(13-14-29)23(32)19(15-35)27-24(33)34-25(2,3)4/h8-9,12,17,19-20,29-30,35H,5-7,10-11,13-15H2,1-4H3,(H,26,31)(H,27,33). The Balaban J connectivity index is 2.41. The van der Waals surface area contributed by atoms with Crippen molar-refractivity contribution < 1.29 is 29.3 Å². The Labute approximate surface area is 213 Å². The molecular formula is C25H39N3O6S. The number of aliphatic hydroxyl groups is 1. The van der Waals surface area contributed by atoms with Crippen molar-refractivity contribution in [3.05, 3.63) is 29.3 Å². The summed E-state index contributed by atoms with van der Waals surface area (Å²) in [6.07, 6.45) is 4.01. The van der Waals surface area contributed by atoms with E-state index >= 15 is 0 Å². The molecule has 1 aromatic rings. The number of aromatic hydroxyl groups is 1. The normalized spacial score (nSPS) is 16.2. The van der Waals surface area contributed by atoms with Crippen LogP contribution >= 0.6 is 12.6 Å². The smallest absolute Gasteiger partial charge is 0.408 e. The van der Waals surface area contributed by atoms with Crippen molar-refractivity contribution in [2.45, 2.75) is 83.5 Å². The second kappa shape index (κ2) is 13.0. The van der Waals surface area contributed by atoms with Gasteiger partial charge in [0.25, 0.3) is 0 Å². The second-order valence-electron chi connectivity index (χ2n) is 9.90. The molecule has 1 saturated carbocycles. The van der Waals surface area contributed by atoms with E-state index in [0.717, 1.165) is 32.1 Å². The molecule has 0 spiro atoms. The molecule has 0 aromatic heterocycles. The fourth-order valence-corrected chi connectivity index (χ4v) is 4.44. The highest BCUT2D eigenvalue weighted by atomic mass is 32.1. The van der Waals surface area contributed by atoms with Crippen LogP contribution < -0.4 is 10.6 Å². The number of nitrogens with one attached hydrogen (secondary N) is 2. The van der Waals surface area contributed by atoms with E-state index in [2.05, 4.69) is 23.3 Å². The van der Waals surface area contributed by atoms with Crippen LogP contribution in [-0.2, 0) is 14.3 Å². The lowest BCUT2D eigenvalue weighted by molar-refractivity contribution is -0.143. The molecule has 1 aliphatic rings. The van der Waals surface area contributed by atoms with Gasteiger partial charge in [-0.3, -0.25) is 9.59 Å². The first-order chi connectivity index (χ1) is 16.5. The van der Waals surface area contributed by atoms with E-state index in [4.69, 9.17) is 4.74 Å². The summed E-state index contributed by atoms with van der Waals surface area (Å²) < 4.78 is 5.26. The number of benzene rings is 1. The maximum Gasteiger partial charge on any atom is 0.408 e. The van der Waals surface area contributed by atoms with Crippen LogP contribution in [0, 0.1) is 6.92 Å². The number of aliphatic hydroxyl groups excluding tert-OH is 1. The summed E-state index contributed by atoms with van der Waals surface area (Å²) in [6, 6.07) is 2.63. The molecule has 1 aliphatic carbocycles. The van der Waals surface area contributed by atoms with Gasteiger partial charge in [0.15, 0.2) is 0 Å². The first-order valence-corrected chi connectivity index (χ1v) is 12.7. The van der Waals surface area contributed by atoms with Gasteiger partial charge >= 0.3 is 6.09 Å². The van der Waals surface area contributed by atoms with Crippen molar-refractivity contribution >= 4 is 30.5 Å². The second-order valence-corrected chi connectivity index (χ2v) is 10.3. The third-order valence-corrected chi connectivity index (χ3v) is 6.24. The molecule has 1 aromatic carbocycles. The molecule has 0 radical (unpaired) electrons. The highest BCUT2D eigenvalue weighted by Gasteiger charge is 2.37. The zero-order valence-electron chi connectivity index (χ0n) is 21.0. The molecule has 35 heavy (non-hydrogen) atoms. The molecule has 2 rings (SSSR count). The van der Waals surface area contributed by atoms with Gasteiger partial charge < -0.3 is 30.5 Å². The van der Waals surface area contributed by atoms with E-state index < -0.39 is 42.2 Å². The Morgan fingerprint density at radius 1 is 1.20 bits per heavy atom. The monoisotopic (exact) mass is 509 g/mol. The summed E-state index contributed by atoms with van der Waals surface area (Å²) in [7, 11) is 0. The first kappa shape index (κ1) is 28.8. The van der Waals surface area contributed by atoms with Gasteiger partial charge in [0.1, 0.15) is 23.4 Å². The van der Waals surface area contributed by atoms with Crippen LogP contribution in [0.25, 0.3) is 0 Å². The lowest BCUT2D eigenvalue weighted by Gasteiger charge is -2.35. The highest BCUT2D eigenvalue weighted by Crippen LogP contribution is 2.32. The third-order valence-electron chi connectivity index (χ3n) is 5.87. The number of ether oxygens (including phenoxy) is 1. The number of rotatable bonds is 9. The van der Waals surface area contributed by atoms with Crippen LogP contribution in [0.15, 0.2) is 18.2 Å². The van der Waals surface area contributed by atoms with Crippen LogP contribution in [0.5, 0.6) is 5.75 Å². The molecule has 1 fully saturated rings. The number of carbonyl (C=O) groups is 3. The number of nitrogens with zero attached hydrogens (tertiary/aromatic N) is 1. The quantitative estimate of drug-likeness (QED) is 0.326. The molecule has 2 unspecified atom stereocenters. The van der Waals surface area contributed by atoms with Gasteiger partial charge in [0.05, 0.1) is 6.61 Å². The predicted octanol–water partition coefficient (Wildman–Crippen LogP) is 2.83. The van der Waals surface area contributed by atoms with E-state index in [1.165, 1.54) is 4.90 Å². The van der Waals surface area contributed by atoms with Gasteiger partial charge in [-0.25, -0.2) is 4.79 Å². The minimum atomic E-state index is -1.21. The van der Waals surface area contributed by atoms with E-state index in [9.17, 15) is 24.6 Å².